The molecule has 1 atom stereocenters. The van der Waals surface area contributed by atoms with Crippen LogP contribution in [0.3, 0.4) is 0 Å². The zero-order chi connectivity index (χ0) is 19.0. The van der Waals surface area contributed by atoms with Gasteiger partial charge in [-0.1, -0.05) is 24.2 Å². The average Bonchev–Trinajstić information content (AvgIpc) is 3.28. The number of ether oxygens (including phenoxy) is 2. The van der Waals surface area contributed by atoms with Crippen molar-refractivity contribution in [3.8, 4) is 17.1 Å². The maximum atomic E-state index is 12.2. The van der Waals surface area contributed by atoms with E-state index in [1.165, 1.54) is 0 Å². The van der Waals surface area contributed by atoms with Gasteiger partial charge in [-0.15, -0.1) is 0 Å². The van der Waals surface area contributed by atoms with Crippen LogP contribution in [0.15, 0.2) is 35.0 Å². The molecule has 2 heterocycles. The Balaban J connectivity index is 1.67. The maximum absolute atomic E-state index is 12.2. The topological polar surface area (TPSA) is 79.4 Å². The fraction of sp³-hybridized carbons (Fsp3) is 0.350. The predicted octanol–water partition coefficient (Wildman–Crippen LogP) is 3.43. The van der Waals surface area contributed by atoms with Crippen molar-refractivity contribution in [3.05, 3.63) is 53.0 Å². The van der Waals surface area contributed by atoms with E-state index in [0.717, 1.165) is 34.6 Å². The molecule has 140 valence electrons. The molecule has 0 bridgehead atoms. The van der Waals surface area contributed by atoms with E-state index in [4.69, 9.17) is 14.0 Å². The van der Waals surface area contributed by atoms with Crippen LogP contribution in [0.5, 0.6) is 5.75 Å². The first-order chi connectivity index (χ1) is 13.1. The summed E-state index contributed by atoms with van der Waals surface area (Å²) in [7, 11) is 1.65. The van der Waals surface area contributed by atoms with Gasteiger partial charge in [0.15, 0.2) is 11.5 Å². The van der Waals surface area contributed by atoms with E-state index in [9.17, 15) is 4.79 Å². The number of benzene rings is 1. The molecule has 7 heteroatoms. The van der Waals surface area contributed by atoms with E-state index >= 15 is 0 Å². The van der Waals surface area contributed by atoms with Gasteiger partial charge in [-0.2, -0.15) is 5.10 Å². The highest BCUT2D eigenvalue weighted by Crippen LogP contribution is 2.41. The molecule has 0 aliphatic heterocycles. The van der Waals surface area contributed by atoms with Crippen LogP contribution in [0.2, 0.25) is 0 Å². The third-order valence-electron chi connectivity index (χ3n) is 4.87. The number of fused-ring (bicyclic) bond motifs is 3. The highest BCUT2D eigenvalue weighted by molar-refractivity contribution is 5.91. The fourth-order valence-electron chi connectivity index (χ4n) is 3.54. The van der Waals surface area contributed by atoms with Crippen molar-refractivity contribution in [2.75, 3.05) is 13.7 Å². The molecule has 0 saturated carbocycles. The minimum Gasteiger partial charge on any atom is -0.497 e. The highest BCUT2D eigenvalue weighted by atomic mass is 16.5. The van der Waals surface area contributed by atoms with Crippen LogP contribution in [0, 0.1) is 0 Å². The van der Waals surface area contributed by atoms with E-state index in [1.54, 1.807) is 20.2 Å². The second-order valence-corrected chi connectivity index (χ2v) is 6.61. The fourth-order valence-corrected chi connectivity index (χ4v) is 3.54. The molecular formula is C20H21N3O4. The summed E-state index contributed by atoms with van der Waals surface area (Å²) in [5.74, 6) is 1.09. The molecule has 0 saturated heterocycles. The molecule has 1 aliphatic carbocycles. The predicted molar refractivity (Wildman–Crippen MR) is 97.9 cm³/mol. The molecule has 0 amide bonds. The Labute approximate surface area is 156 Å². The molecule has 0 spiro atoms. The second kappa shape index (κ2) is 6.90. The van der Waals surface area contributed by atoms with Gasteiger partial charge in [0, 0.05) is 5.56 Å². The molecule has 7 nitrogen and oxygen atoms in total. The summed E-state index contributed by atoms with van der Waals surface area (Å²) < 4.78 is 17.8. The van der Waals surface area contributed by atoms with Crippen LogP contribution < -0.4 is 4.74 Å². The Morgan fingerprint density at radius 3 is 2.81 bits per heavy atom. The maximum Gasteiger partial charge on any atom is 0.360 e. The van der Waals surface area contributed by atoms with Crippen LogP contribution in [0.25, 0.3) is 11.3 Å². The van der Waals surface area contributed by atoms with Gasteiger partial charge in [-0.3, -0.25) is 4.68 Å². The summed E-state index contributed by atoms with van der Waals surface area (Å²) in [4.78, 5) is 12.2. The quantitative estimate of drug-likeness (QED) is 0.643. The smallest absolute Gasteiger partial charge is 0.360 e. The first-order valence-corrected chi connectivity index (χ1v) is 8.97. The first kappa shape index (κ1) is 17.3. The molecule has 27 heavy (non-hydrogen) atoms. The minimum atomic E-state index is -0.441. The second-order valence-electron chi connectivity index (χ2n) is 6.61. The van der Waals surface area contributed by atoms with E-state index in [-0.39, 0.29) is 11.6 Å². The number of hydrogen-bond donors (Lipinski definition) is 0. The SMILES string of the molecule is CCOC(=O)c1noc2c1[C@@H](C)Cc1c-2cnn1Cc1ccc(OC)cc1. The summed E-state index contributed by atoms with van der Waals surface area (Å²) >= 11 is 0. The van der Waals surface area contributed by atoms with Crippen molar-refractivity contribution in [2.45, 2.75) is 32.7 Å². The Hall–Kier alpha value is -3.09. The normalized spacial score (nSPS) is 15.1. The average molecular weight is 367 g/mol. The van der Waals surface area contributed by atoms with E-state index in [0.29, 0.717) is 18.9 Å². The van der Waals surface area contributed by atoms with E-state index < -0.39 is 5.97 Å². The van der Waals surface area contributed by atoms with Crippen molar-refractivity contribution in [2.24, 2.45) is 0 Å². The number of nitrogens with zero attached hydrogens (tertiary/aromatic N) is 3. The molecule has 0 unspecified atom stereocenters. The molecule has 1 aromatic carbocycles. The van der Waals surface area contributed by atoms with Gasteiger partial charge in [-0.05, 0) is 37.0 Å². The lowest BCUT2D eigenvalue weighted by molar-refractivity contribution is 0.0513. The summed E-state index contributed by atoms with van der Waals surface area (Å²) in [6.45, 7) is 4.79. The molecule has 3 aromatic rings. The van der Waals surface area contributed by atoms with Crippen molar-refractivity contribution in [1.29, 1.82) is 0 Å². The van der Waals surface area contributed by atoms with Crippen molar-refractivity contribution < 1.29 is 18.8 Å². The van der Waals surface area contributed by atoms with Crippen LogP contribution in [0.4, 0.5) is 0 Å². The van der Waals surface area contributed by atoms with Gasteiger partial charge >= 0.3 is 5.97 Å². The number of aromatic nitrogens is 3. The number of methoxy groups -OCH3 is 1. The number of carbonyl (C=O) groups is 1. The lowest BCUT2D eigenvalue weighted by atomic mass is 9.86. The Morgan fingerprint density at radius 1 is 1.33 bits per heavy atom. The molecular weight excluding hydrogens is 346 g/mol. The van der Waals surface area contributed by atoms with Gasteiger partial charge in [0.2, 0.25) is 0 Å². The Bertz CT molecular complexity index is 972. The lowest BCUT2D eigenvalue weighted by Gasteiger charge is -2.19. The molecule has 1 aliphatic rings. The van der Waals surface area contributed by atoms with Crippen LogP contribution >= 0.6 is 0 Å². The van der Waals surface area contributed by atoms with E-state index in [2.05, 4.69) is 17.2 Å². The molecule has 2 aromatic heterocycles. The largest absolute Gasteiger partial charge is 0.497 e. The van der Waals surface area contributed by atoms with Gasteiger partial charge in [-0.25, -0.2) is 4.79 Å². The molecule has 0 radical (unpaired) electrons. The molecule has 0 fully saturated rings. The highest BCUT2D eigenvalue weighted by Gasteiger charge is 2.34. The Morgan fingerprint density at radius 2 is 2.11 bits per heavy atom. The van der Waals surface area contributed by atoms with Crippen LogP contribution in [-0.2, 0) is 17.7 Å². The van der Waals surface area contributed by atoms with Crippen LogP contribution in [0.1, 0.15) is 47.1 Å². The lowest BCUT2D eigenvalue weighted by Crippen LogP contribution is -2.16. The summed E-state index contributed by atoms with van der Waals surface area (Å²) in [6.07, 6.45) is 2.54. The zero-order valence-electron chi connectivity index (χ0n) is 15.6. The minimum absolute atomic E-state index is 0.0875. The number of carbonyl (C=O) groups excluding carboxylic acids is 1. The van der Waals surface area contributed by atoms with Gasteiger partial charge < -0.3 is 14.0 Å². The van der Waals surface area contributed by atoms with Gasteiger partial charge in [0.25, 0.3) is 0 Å². The van der Waals surface area contributed by atoms with Crippen molar-refractivity contribution in [1.82, 2.24) is 14.9 Å². The number of esters is 1. The third-order valence-corrected chi connectivity index (χ3v) is 4.87. The standard InChI is InChI=1S/C20H21N3O4/c1-4-26-20(24)18-17-12(2)9-16-15(19(17)27-22-18)10-21-23(16)11-13-5-7-14(25-3)8-6-13/h5-8,10,12H,4,9,11H2,1-3H3/t12-/m0/s1. The van der Waals surface area contributed by atoms with Gasteiger partial charge in [0.05, 0.1) is 37.7 Å². The summed E-state index contributed by atoms with van der Waals surface area (Å²) in [5.41, 5.74) is 4.18. The van der Waals surface area contributed by atoms with Crippen LogP contribution in [-0.4, -0.2) is 34.6 Å². The first-order valence-electron chi connectivity index (χ1n) is 8.97. The van der Waals surface area contributed by atoms with Crippen molar-refractivity contribution >= 4 is 5.97 Å². The molecule has 4 rings (SSSR count). The van der Waals surface area contributed by atoms with Gasteiger partial charge in [0.1, 0.15) is 5.75 Å². The Kier molecular flexibility index (Phi) is 4.43. The summed E-state index contributed by atoms with van der Waals surface area (Å²) in [5, 5.41) is 8.52. The van der Waals surface area contributed by atoms with E-state index in [1.807, 2.05) is 28.9 Å². The number of hydrogen-bond acceptors (Lipinski definition) is 6. The van der Waals surface area contributed by atoms with Crippen molar-refractivity contribution in [3.63, 3.8) is 0 Å². The summed E-state index contributed by atoms with van der Waals surface area (Å²) in [6, 6.07) is 7.93. The molecule has 0 N–H and O–H groups in total. The third kappa shape index (κ3) is 2.99. The number of rotatable bonds is 5. The monoisotopic (exact) mass is 367 g/mol. The zero-order valence-corrected chi connectivity index (χ0v) is 15.6.